The first-order valence-corrected chi connectivity index (χ1v) is 7.82. The molecule has 0 radical (unpaired) electrons. The highest BCUT2D eigenvalue weighted by Gasteiger charge is 2.27. The molecule has 0 amide bonds. The number of nitrogens with one attached hydrogen (secondary N) is 1. The second kappa shape index (κ2) is 6.26. The van der Waals surface area contributed by atoms with Gasteiger partial charge >= 0.3 is 5.97 Å². The van der Waals surface area contributed by atoms with Gasteiger partial charge in [-0.2, -0.15) is 0 Å². The molecule has 1 aromatic heterocycles. The van der Waals surface area contributed by atoms with Crippen molar-refractivity contribution in [2.45, 2.75) is 36.9 Å². The first-order valence-electron chi connectivity index (χ1n) is 5.46. The monoisotopic (exact) mass is 292 g/mol. The van der Waals surface area contributed by atoms with Gasteiger partial charge in [0.25, 0.3) is 10.0 Å². The average Bonchev–Trinajstić information content (AvgIpc) is 2.77. The lowest BCUT2D eigenvalue weighted by Gasteiger charge is -2.12. The van der Waals surface area contributed by atoms with E-state index in [0.29, 0.717) is 0 Å². The summed E-state index contributed by atoms with van der Waals surface area (Å²) in [6, 6.07) is -0.187. The first-order chi connectivity index (χ1) is 8.42. The third-order valence-corrected chi connectivity index (χ3v) is 5.20. The number of aromatic nitrogens is 1. The van der Waals surface area contributed by atoms with Gasteiger partial charge in [0.2, 0.25) is 0 Å². The van der Waals surface area contributed by atoms with Gasteiger partial charge in [0.05, 0.1) is 12.6 Å². The van der Waals surface area contributed by atoms with Crippen LogP contribution < -0.4 is 4.72 Å². The molecule has 0 aromatic carbocycles. The summed E-state index contributed by atoms with van der Waals surface area (Å²) < 4.78 is 31.1. The zero-order valence-electron chi connectivity index (χ0n) is 10.5. The van der Waals surface area contributed by atoms with Crippen LogP contribution in [-0.4, -0.2) is 32.5 Å². The lowest BCUT2D eigenvalue weighted by molar-refractivity contribution is 0.0590. The first kappa shape index (κ1) is 15.1. The summed E-state index contributed by atoms with van der Waals surface area (Å²) in [5, 5.41) is 0. The number of carbonyl (C=O) groups excluding carboxylic acids is 1. The van der Waals surface area contributed by atoms with E-state index in [9.17, 15) is 13.2 Å². The molecule has 8 heteroatoms. The van der Waals surface area contributed by atoms with E-state index in [1.54, 1.807) is 6.92 Å². The molecule has 0 spiro atoms. The topological polar surface area (TPSA) is 85.4 Å². The number of methoxy groups -OCH3 is 1. The summed E-state index contributed by atoms with van der Waals surface area (Å²) in [6.07, 6.45) is 1.60. The molecule has 0 saturated carbocycles. The molecule has 0 aliphatic rings. The van der Waals surface area contributed by atoms with Crippen LogP contribution in [0, 0.1) is 0 Å². The van der Waals surface area contributed by atoms with E-state index in [0.717, 1.165) is 24.2 Å². The van der Waals surface area contributed by atoms with Gasteiger partial charge in [0, 0.05) is 6.04 Å². The fourth-order valence-corrected chi connectivity index (χ4v) is 3.90. The molecule has 0 aliphatic carbocycles. The molecule has 0 fully saturated rings. The van der Waals surface area contributed by atoms with Crippen molar-refractivity contribution in [3.8, 4) is 0 Å². The highest BCUT2D eigenvalue weighted by Crippen LogP contribution is 2.21. The van der Waals surface area contributed by atoms with E-state index in [1.165, 1.54) is 12.6 Å². The summed E-state index contributed by atoms with van der Waals surface area (Å²) >= 11 is 0.898. The fraction of sp³-hybridized carbons (Fsp3) is 0.600. The quantitative estimate of drug-likeness (QED) is 0.801. The Morgan fingerprint density at radius 2 is 2.28 bits per heavy atom. The van der Waals surface area contributed by atoms with Crippen molar-refractivity contribution in [1.29, 1.82) is 0 Å². The molecule has 0 aliphatic heterocycles. The third-order valence-electron chi connectivity index (χ3n) is 2.24. The largest absolute Gasteiger partial charge is 0.464 e. The van der Waals surface area contributed by atoms with Gasteiger partial charge in [-0.3, -0.25) is 0 Å². The molecule has 18 heavy (non-hydrogen) atoms. The SMILES string of the molecule is CCCC(C)NS(=O)(=O)c1scnc1C(=O)OC. The van der Waals surface area contributed by atoms with Gasteiger partial charge in [-0.15, -0.1) is 11.3 Å². The number of rotatable bonds is 6. The molecular formula is C10H16N2O4S2. The molecular weight excluding hydrogens is 276 g/mol. The van der Waals surface area contributed by atoms with Gasteiger partial charge in [-0.1, -0.05) is 13.3 Å². The van der Waals surface area contributed by atoms with Crippen molar-refractivity contribution in [3.05, 3.63) is 11.2 Å². The predicted molar refractivity (Wildman–Crippen MR) is 68.1 cm³/mol. The summed E-state index contributed by atoms with van der Waals surface area (Å²) in [5.74, 6) is -0.750. The van der Waals surface area contributed by atoms with Gasteiger partial charge in [0.1, 0.15) is 0 Å². The number of sulfonamides is 1. The average molecular weight is 292 g/mol. The molecule has 6 nitrogen and oxygen atoms in total. The van der Waals surface area contributed by atoms with E-state index in [4.69, 9.17) is 0 Å². The number of hydrogen-bond donors (Lipinski definition) is 1. The van der Waals surface area contributed by atoms with Crippen LogP contribution in [0.15, 0.2) is 9.72 Å². The Hall–Kier alpha value is -0.990. The molecule has 1 unspecified atom stereocenters. The number of nitrogens with zero attached hydrogens (tertiary/aromatic N) is 1. The second-order valence-electron chi connectivity index (χ2n) is 3.79. The van der Waals surface area contributed by atoms with E-state index in [1.807, 2.05) is 6.92 Å². The van der Waals surface area contributed by atoms with Gasteiger partial charge in [-0.05, 0) is 13.3 Å². The minimum absolute atomic E-state index is 0.0997. The second-order valence-corrected chi connectivity index (χ2v) is 6.56. The van der Waals surface area contributed by atoms with Gasteiger partial charge < -0.3 is 4.74 Å². The Balaban J connectivity index is 2.99. The lowest BCUT2D eigenvalue weighted by atomic mass is 10.2. The maximum absolute atomic E-state index is 12.1. The zero-order valence-corrected chi connectivity index (χ0v) is 12.1. The number of ether oxygens (including phenoxy) is 1. The molecule has 0 saturated heterocycles. The van der Waals surface area contributed by atoms with Crippen molar-refractivity contribution < 1.29 is 17.9 Å². The Labute approximate surface area is 110 Å². The van der Waals surface area contributed by atoms with Gasteiger partial charge in [0.15, 0.2) is 9.90 Å². The Bertz CT molecular complexity index is 510. The molecule has 1 atom stereocenters. The number of hydrogen-bond acceptors (Lipinski definition) is 6. The summed E-state index contributed by atoms with van der Waals surface area (Å²) in [5.41, 5.74) is 1.14. The smallest absolute Gasteiger partial charge is 0.358 e. The summed E-state index contributed by atoms with van der Waals surface area (Å²) in [4.78, 5) is 15.1. The van der Waals surface area contributed by atoms with E-state index < -0.39 is 16.0 Å². The zero-order chi connectivity index (χ0) is 13.8. The third kappa shape index (κ3) is 3.50. The minimum atomic E-state index is -3.72. The van der Waals surface area contributed by atoms with Crippen molar-refractivity contribution in [2.75, 3.05) is 7.11 Å². The van der Waals surface area contributed by atoms with Crippen LogP contribution in [0.1, 0.15) is 37.2 Å². The van der Waals surface area contributed by atoms with Gasteiger partial charge in [-0.25, -0.2) is 22.9 Å². The molecule has 1 N–H and O–H groups in total. The summed E-state index contributed by atoms with van der Waals surface area (Å²) in [7, 11) is -2.53. The highest BCUT2D eigenvalue weighted by atomic mass is 32.2. The van der Waals surface area contributed by atoms with Crippen LogP contribution in [0.2, 0.25) is 0 Å². The van der Waals surface area contributed by atoms with E-state index >= 15 is 0 Å². The van der Waals surface area contributed by atoms with Crippen molar-refractivity contribution in [1.82, 2.24) is 9.71 Å². The number of esters is 1. The van der Waals surface area contributed by atoms with Crippen LogP contribution in [0.5, 0.6) is 0 Å². The van der Waals surface area contributed by atoms with Crippen LogP contribution in [0.25, 0.3) is 0 Å². The minimum Gasteiger partial charge on any atom is -0.464 e. The maximum atomic E-state index is 12.1. The van der Waals surface area contributed by atoms with Crippen LogP contribution in [0.3, 0.4) is 0 Å². The molecule has 102 valence electrons. The highest BCUT2D eigenvalue weighted by molar-refractivity contribution is 7.91. The lowest BCUT2D eigenvalue weighted by Crippen LogP contribution is -2.32. The van der Waals surface area contributed by atoms with Crippen LogP contribution in [0.4, 0.5) is 0 Å². The number of thiazole rings is 1. The predicted octanol–water partition coefficient (Wildman–Crippen LogP) is 1.40. The molecule has 0 bridgehead atoms. The van der Waals surface area contributed by atoms with E-state index in [-0.39, 0.29) is 15.9 Å². The normalized spacial score (nSPS) is 13.3. The fourth-order valence-electron chi connectivity index (χ4n) is 1.47. The Morgan fingerprint density at radius 1 is 1.61 bits per heavy atom. The maximum Gasteiger partial charge on any atom is 0.358 e. The van der Waals surface area contributed by atoms with Crippen molar-refractivity contribution >= 4 is 27.3 Å². The van der Waals surface area contributed by atoms with Crippen LogP contribution >= 0.6 is 11.3 Å². The molecule has 1 heterocycles. The standard InChI is InChI=1S/C10H16N2O4S2/c1-4-5-7(2)12-18(14,15)10-8(9(13)16-3)11-6-17-10/h6-7,12H,4-5H2,1-3H3. The Morgan fingerprint density at radius 3 is 2.83 bits per heavy atom. The number of carbonyl (C=O) groups is 1. The van der Waals surface area contributed by atoms with Crippen molar-refractivity contribution in [2.24, 2.45) is 0 Å². The van der Waals surface area contributed by atoms with E-state index in [2.05, 4.69) is 14.4 Å². The summed E-state index contributed by atoms with van der Waals surface area (Å²) in [6.45, 7) is 3.75. The van der Waals surface area contributed by atoms with Crippen molar-refractivity contribution in [3.63, 3.8) is 0 Å². The Kier molecular flexibility index (Phi) is 5.24. The molecule has 1 rings (SSSR count). The van der Waals surface area contributed by atoms with Crippen LogP contribution in [-0.2, 0) is 14.8 Å². The molecule has 1 aromatic rings.